The first-order valence-electron chi connectivity index (χ1n) is 6.17. The van der Waals surface area contributed by atoms with E-state index in [1.54, 1.807) is 6.92 Å². The van der Waals surface area contributed by atoms with Gasteiger partial charge in [0, 0.05) is 0 Å². The highest BCUT2D eigenvalue weighted by Crippen LogP contribution is 2.37. The van der Waals surface area contributed by atoms with Crippen molar-refractivity contribution in [2.75, 3.05) is 6.61 Å². The van der Waals surface area contributed by atoms with Gasteiger partial charge < -0.3 is 4.74 Å². The molecular weight excluding hydrogens is 233 g/mol. The Morgan fingerprint density at radius 3 is 2.35 bits per heavy atom. The zero-order valence-corrected chi connectivity index (χ0v) is 10.1. The van der Waals surface area contributed by atoms with Crippen LogP contribution in [0, 0.1) is 11.8 Å². The van der Waals surface area contributed by atoms with Gasteiger partial charge in [0.25, 0.3) is 0 Å². The Hall–Kier alpha value is -0.740. The van der Waals surface area contributed by atoms with Crippen LogP contribution in [0.3, 0.4) is 0 Å². The molecule has 1 fully saturated rings. The molecule has 0 saturated heterocycles. The molecule has 5 heteroatoms. The van der Waals surface area contributed by atoms with E-state index >= 15 is 0 Å². The maximum absolute atomic E-state index is 12.5. The number of carbonyl (C=O) groups is 1. The van der Waals surface area contributed by atoms with Crippen LogP contribution in [0.5, 0.6) is 0 Å². The number of hydrogen-bond acceptors (Lipinski definition) is 2. The standard InChI is InChI=1S/C12H19F3O2/c1-2-17-11(16)10(8-12(13,14)15)9-6-4-3-5-7-9/h9-10H,2-8H2,1H3. The van der Waals surface area contributed by atoms with E-state index in [4.69, 9.17) is 4.74 Å². The Morgan fingerprint density at radius 1 is 1.29 bits per heavy atom. The predicted molar refractivity (Wildman–Crippen MR) is 57.4 cm³/mol. The number of rotatable bonds is 4. The maximum atomic E-state index is 12.5. The van der Waals surface area contributed by atoms with Gasteiger partial charge in [0.15, 0.2) is 0 Å². The molecule has 0 aromatic rings. The van der Waals surface area contributed by atoms with Crippen LogP contribution in [-0.4, -0.2) is 18.8 Å². The molecule has 2 nitrogen and oxygen atoms in total. The van der Waals surface area contributed by atoms with Gasteiger partial charge in [0.05, 0.1) is 18.9 Å². The van der Waals surface area contributed by atoms with Gasteiger partial charge in [0.1, 0.15) is 0 Å². The molecule has 0 bridgehead atoms. The molecule has 1 rings (SSSR count). The smallest absolute Gasteiger partial charge is 0.389 e. The predicted octanol–water partition coefficient (Wildman–Crippen LogP) is 3.70. The number of carbonyl (C=O) groups excluding carboxylic acids is 1. The summed E-state index contributed by atoms with van der Waals surface area (Å²) in [5, 5.41) is 0. The van der Waals surface area contributed by atoms with Crippen molar-refractivity contribution in [2.45, 2.75) is 51.6 Å². The average Bonchev–Trinajstić information content (AvgIpc) is 2.26. The summed E-state index contributed by atoms with van der Waals surface area (Å²) in [4.78, 5) is 11.6. The Morgan fingerprint density at radius 2 is 1.88 bits per heavy atom. The third-order valence-electron chi connectivity index (χ3n) is 3.26. The summed E-state index contributed by atoms with van der Waals surface area (Å²) in [6.45, 7) is 1.75. The minimum Gasteiger partial charge on any atom is -0.466 e. The normalized spacial score (nSPS) is 20.0. The number of esters is 1. The van der Waals surface area contributed by atoms with Crippen LogP contribution in [0.2, 0.25) is 0 Å². The summed E-state index contributed by atoms with van der Waals surface area (Å²) in [6.07, 6.45) is -1.04. The third kappa shape index (κ3) is 4.96. The molecule has 0 aromatic carbocycles. The lowest BCUT2D eigenvalue weighted by Crippen LogP contribution is -2.31. The maximum Gasteiger partial charge on any atom is 0.389 e. The molecule has 1 unspecified atom stereocenters. The monoisotopic (exact) mass is 252 g/mol. The molecule has 1 atom stereocenters. The first-order valence-corrected chi connectivity index (χ1v) is 6.17. The summed E-state index contributed by atoms with van der Waals surface area (Å²) in [5.74, 6) is -1.85. The highest BCUT2D eigenvalue weighted by Gasteiger charge is 2.40. The fraction of sp³-hybridized carbons (Fsp3) is 0.917. The summed E-state index contributed by atoms with van der Waals surface area (Å²) in [5.41, 5.74) is 0. The zero-order valence-electron chi connectivity index (χ0n) is 10.1. The molecule has 0 aromatic heterocycles. The van der Waals surface area contributed by atoms with Crippen LogP contribution in [0.25, 0.3) is 0 Å². The van der Waals surface area contributed by atoms with Gasteiger partial charge in [-0.1, -0.05) is 19.3 Å². The first-order chi connectivity index (χ1) is 7.94. The van der Waals surface area contributed by atoms with E-state index in [1.165, 1.54) is 0 Å². The average molecular weight is 252 g/mol. The van der Waals surface area contributed by atoms with E-state index in [0.29, 0.717) is 12.8 Å². The molecule has 0 N–H and O–H groups in total. The highest BCUT2D eigenvalue weighted by molar-refractivity contribution is 5.72. The molecule has 0 amide bonds. The molecule has 1 aliphatic carbocycles. The van der Waals surface area contributed by atoms with Crippen molar-refractivity contribution in [3.63, 3.8) is 0 Å². The SMILES string of the molecule is CCOC(=O)C(CC(F)(F)F)C1CCCCC1. The Bertz CT molecular complexity index is 245. The summed E-state index contributed by atoms with van der Waals surface area (Å²) >= 11 is 0. The Kier molecular flexibility index (Phi) is 5.28. The Balaban J connectivity index is 2.66. The second-order valence-corrected chi connectivity index (χ2v) is 4.58. The molecule has 1 saturated carbocycles. The summed E-state index contributed by atoms with van der Waals surface area (Å²) < 4.78 is 42.1. The van der Waals surface area contributed by atoms with Gasteiger partial charge in [0.2, 0.25) is 0 Å². The van der Waals surface area contributed by atoms with Crippen LogP contribution in [0.4, 0.5) is 13.2 Å². The van der Waals surface area contributed by atoms with Crippen molar-refractivity contribution in [3.8, 4) is 0 Å². The number of hydrogen-bond donors (Lipinski definition) is 0. The van der Waals surface area contributed by atoms with Gasteiger partial charge in [-0.3, -0.25) is 4.79 Å². The quantitative estimate of drug-likeness (QED) is 0.713. The molecule has 0 aliphatic heterocycles. The zero-order chi connectivity index (χ0) is 12.9. The third-order valence-corrected chi connectivity index (χ3v) is 3.26. The van der Waals surface area contributed by atoms with Crippen molar-refractivity contribution in [3.05, 3.63) is 0 Å². The molecule has 0 spiro atoms. The molecule has 0 radical (unpaired) electrons. The topological polar surface area (TPSA) is 26.3 Å². The summed E-state index contributed by atoms with van der Waals surface area (Å²) in [6, 6.07) is 0. The van der Waals surface area contributed by atoms with E-state index in [9.17, 15) is 18.0 Å². The van der Waals surface area contributed by atoms with Crippen LogP contribution in [-0.2, 0) is 9.53 Å². The lowest BCUT2D eigenvalue weighted by Gasteiger charge is -2.29. The highest BCUT2D eigenvalue weighted by atomic mass is 19.4. The number of halogens is 3. The molecule has 17 heavy (non-hydrogen) atoms. The van der Waals surface area contributed by atoms with Gasteiger partial charge in [-0.25, -0.2) is 0 Å². The minimum atomic E-state index is -4.30. The van der Waals surface area contributed by atoms with Gasteiger partial charge in [-0.15, -0.1) is 0 Å². The molecule has 100 valence electrons. The van der Waals surface area contributed by atoms with Crippen LogP contribution < -0.4 is 0 Å². The largest absolute Gasteiger partial charge is 0.466 e. The van der Waals surface area contributed by atoms with E-state index in [0.717, 1.165) is 19.3 Å². The van der Waals surface area contributed by atoms with Crippen molar-refractivity contribution >= 4 is 5.97 Å². The second-order valence-electron chi connectivity index (χ2n) is 4.58. The minimum absolute atomic E-state index is 0.139. The molecular formula is C12H19F3O2. The van der Waals surface area contributed by atoms with E-state index < -0.39 is 24.5 Å². The van der Waals surface area contributed by atoms with E-state index in [-0.39, 0.29) is 12.5 Å². The van der Waals surface area contributed by atoms with E-state index in [1.807, 2.05) is 0 Å². The Labute approximate surface area is 99.5 Å². The van der Waals surface area contributed by atoms with Crippen molar-refractivity contribution < 1.29 is 22.7 Å². The fourth-order valence-electron chi connectivity index (χ4n) is 2.48. The van der Waals surface area contributed by atoms with Crippen molar-refractivity contribution in [1.82, 2.24) is 0 Å². The lowest BCUT2D eigenvalue weighted by molar-refractivity contribution is -0.172. The second kappa shape index (κ2) is 6.26. The lowest BCUT2D eigenvalue weighted by atomic mass is 9.78. The number of ether oxygens (including phenoxy) is 1. The van der Waals surface area contributed by atoms with Crippen LogP contribution in [0.1, 0.15) is 45.4 Å². The van der Waals surface area contributed by atoms with Gasteiger partial charge in [-0.05, 0) is 25.7 Å². The van der Waals surface area contributed by atoms with Gasteiger partial charge >= 0.3 is 12.1 Å². The molecule has 1 aliphatic rings. The number of alkyl halides is 3. The van der Waals surface area contributed by atoms with Crippen LogP contribution >= 0.6 is 0 Å². The van der Waals surface area contributed by atoms with Gasteiger partial charge in [-0.2, -0.15) is 13.2 Å². The van der Waals surface area contributed by atoms with Crippen molar-refractivity contribution in [2.24, 2.45) is 11.8 Å². The summed E-state index contributed by atoms with van der Waals surface area (Å²) in [7, 11) is 0. The first kappa shape index (κ1) is 14.3. The van der Waals surface area contributed by atoms with E-state index in [2.05, 4.69) is 0 Å². The fourth-order valence-corrected chi connectivity index (χ4v) is 2.48. The van der Waals surface area contributed by atoms with Crippen LogP contribution in [0.15, 0.2) is 0 Å². The molecule has 0 heterocycles. The van der Waals surface area contributed by atoms with Crippen molar-refractivity contribution in [1.29, 1.82) is 0 Å².